The average molecular weight is 349 g/mol. The standard InChI is InChI=1S/C17H23N3O3S/c1-13(2)14-4-7-16(8-5-14)24(21,22)20-15-6-9-17(19-12-15)18-10-11-23-3/h4-9,12-13,20H,10-11H2,1-3H3,(H,18,19). The summed E-state index contributed by atoms with van der Waals surface area (Å²) in [6.07, 6.45) is 1.48. The number of pyridine rings is 1. The Balaban J connectivity index is 2.05. The molecule has 0 fully saturated rings. The van der Waals surface area contributed by atoms with Gasteiger partial charge < -0.3 is 10.1 Å². The number of nitrogens with one attached hydrogen (secondary N) is 2. The van der Waals surface area contributed by atoms with E-state index in [-0.39, 0.29) is 4.90 Å². The minimum Gasteiger partial charge on any atom is -0.383 e. The van der Waals surface area contributed by atoms with E-state index < -0.39 is 10.0 Å². The molecule has 2 aromatic rings. The maximum Gasteiger partial charge on any atom is 0.261 e. The third-order valence-electron chi connectivity index (χ3n) is 3.49. The van der Waals surface area contributed by atoms with E-state index in [4.69, 9.17) is 4.74 Å². The first-order valence-corrected chi connectivity index (χ1v) is 9.22. The quantitative estimate of drug-likeness (QED) is 0.716. The number of hydrogen-bond acceptors (Lipinski definition) is 5. The number of rotatable bonds is 8. The molecule has 0 spiro atoms. The number of methoxy groups -OCH3 is 1. The van der Waals surface area contributed by atoms with Gasteiger partial charge in [0.2, 0.25) is 0 Å². The number of sulfonamides is 1. The van der Waals surface area contributed by atoms with Crippen LogP contribution < -0.4 is 10.0 Å². The fraction of sp³-hybridized carbons (Fsp3) is 0.353. The van der Waals surface area contributed by atoms with Crippen molar-refractivity contribution >= 4 is 21.5 Å². The van der Waals surface area contributed by atoms with E-state index in [2.05, 4.69) is 28.9 Å². The monoisotopic (exact) mass is 349 g/mol. The Bertz CT molecular complexity index is 742. The van der Waals surface area contributed by atoms with Crippen LogP contribution in [-0.2, 0) is 14.8 Å². The molecule has 0 unspecified atom stereocenters. The largest absolute Gasteiger partial charge is 0.383 e. The number of aromatic nitrogens is 1. The molecule has 2 N–H and O–H groups in total. The van der Waals surface area contributed by atoms with Gasteiger partial charge in [0.1, 0.15) is 5.82 Å². The van der Waals surface area contributed by atoms with Crippen molar-refractivity contribution in [2.24, 2.45) is 0 Å². The SMILES string of the molecule is COCCNc1ccc(NS(=O)(=O)c2ccc(C(C)C)cc2)cn1. The van der Waals surface area contributed by atoms with Crippen LogP contribution in [-0.4, -0.2) is 33.7 Å². The summed E-state index contributed by atoms with van der Waals surface area (Å²) in [5.74, 6) is 1.02. The molecular formula is C17H23N3O3S. The van der Waals surface area contributed by atoms with Crippen molar-refractivity contribution in [3.05, 3.63) is 48.2 Å². The van der Waals surface area contributed by atoms with Crippen molar-refractivity contribution in [2.75, 3.05) is 30.3 Å². The first-order valence-electron chi connectivity index (χ1n) is 7.74. The second-order valence-corrected chi connectivity index (χ2v) is 7.36. The summed E-state index contributed by atoms with van der Waals surface area (Å²) in [5.41, 5.74) is 1.52. The number of ether oxygens (including phenoxy) is 1. The highest BCUT2D eigenvalue weighted by molar-refractivity contribution is 7.92. The predicted molar refractivity (Wildman–Crippen MR) is 95.9 cm³/mol. The molecule has 1 heterocycles. The molecule has 0 aliphatic heterocycles. The fourth-order valence-electron chi connectivity index (χ4n) is 2.09. The Morgan fingerprint density at radius 3 is 2.38 bits per heavy atom. The lowest BCUT2D eigenvalue weighted by molar-refractivity contribution is 0.210. The van der Waals surface area contributed by atoms with Crippen LogP contribution in [0.15, 0.2) is 47.5 Å². The van der Waals surface area contributed by atoms with E-state index in [1.54, 1.807) is 31.4 Å². The Morgan fingerprint density at radius 2 is 1.83 bits per heavy atom. The molecule has 6 nitrogen and oxygen atoms in total. The van der Waals surface area contributed by atoms with E-state index >= 15 is 0 Å². The number of hydrogen-bond donors (Lipinski definition) is 2. The van der Waals surface area contributed by atoms with Crippen LogP contribution in [0.25, 0.3) is 0 Å². The summed E-state index contributed by atoms with van der Waals surface area (Å²) in [6.45, 7) is 5.34. The topological polar surface area (TPSA) is 80.3 Å². The summed E-state index contributed by atoms with van der Waals surface area (Å²) < 4.78 is 32.3. The Labute approximate surface area is 143 Å². The van der Waals surface area contributed by atoms with E-state index in [1.807, 2.05) is 12.1 Å². The van der Waals surface area contributed by atoms with Crippen LogP contribution in [0.5, 0.6) is 0 Å². The van der Waals surface area contributed by atoms with E-state index in [9.17, 15) is 8.42 Å². The third kappa shape index (κ3) is 4.94. The van der Waals surface area contributed by atoms with Gasteiger partial charge in [0.25, 0.3) is 10.0 Å². The molecule has 24 heavy (non-hydrogen) atoms. The molecule has 0 aliphatic carbocycles. The van der Waals surface area contributed by atoms with Gasteiger partial charge in [-0.25, -0.2) is 13.4 Å². The van der Waals surface area contributed by atoms with Crippen LogP contribution in [0, 0.1) is 0 Å². The highest BCUT2D eigenvalue weighted by Gasteiger charge is 2.14. The minimum absolute atomic E-state index is 0.231. The summed E-state index contributed by atoms with van der Waals surface area (Å²) in [7, 11) is -1.99. The second-order valence-electron chi connectivity index (χ2n) is 5.68. The average Bonchev–Trinajstić information content (AvgIpc) is 2.56. The van der Waals surface area contributed by atoms with Gasteiger partial charge in [-0.15, -0.1) is 0 Å². The van der Waals surface area contributed by atoms with Crippen molar-refractivity contribution in [3.8, 4) is 0 Å². The molecule has 1 aromatic heterocycles. The molecule has 7 heteroatoms. The Kier molecular flexibility index (Phi) is 6.16. The van der Waals surface area contributed by atoms with Gasteiger partial charge in [0, 0.05) is 13.7 Å². The van der Waals surface area contributed by atoms with Crippen molar-refractivity contribution in [2.45, 2.75) is 24.7 Å². The first-order chi connectivity index (χ1) is 11.4. The molecule has 2 rings (SSSR count). The zero-order valence-corrected chi connectivity index (χ0v) is 14.9. The molecule has 0 bridgehead atoms. The lowest BCUT2D eigenvalue weighted by Gasteiger charge is -2.10. The fourth-order valence-corrected chi connectivity index (χ4v) is 3.13. The Hall–Kier alpha value is -2.12. The van der Waals surface area contributed by atoms with Gasteiger partial charge in [0.05, 0.1) is 23.4 Å². The zero-order valence-electron chi connectivity index (χ0n) is 14.1. The van der Waals surface area contributed by atoms with Crippen molar-refractivity contribution in [1.82, 2.24) is 4.98 Å². The van der Waals surface area contributed by atoms with Crippen LogP contribution in [0.2, 0.25) is 0 Å². The predicted octanol–water partition coefficient (Wildman–Crippen LogP) is 3.06. The molecule has 1 aromatic carbocycles. The van der Waals surface area contributed by atoms with Gasteiger partial charge in [-0.1, -0.05) is 26.0 Å². The molecule has 130 valence electrons. The van der Waals surface area contributed by atoms with Gasteiger partial charge in [-0.3, -0.25) is 4.72 Å². The summed E-state index contributed by atoms with van der Waals surface area (Å²) in [4.78, 5) is 4.40. The van der Waals surface area contributed by atoms with Gasteiger partial charge in [0.15, 0.2) is 0 Å². The molecular weight excluding hydrogens is 326 g/mol. The van der Waals surface area contributed by atoms with Crippen LogP contribution in [0.3, 0.4) is 0 Å². The molecule has 0 atom stereocenters. The maximum absolute atomic E-state index is 12.4. The first kappa shape index (κ1) is 18.2. The molecule has 0 radical (unpaired) electrons. The van der Waals surface area contributed by atoms with Gasteiger partial charge >= 0.3 is 0 Å². The van der Waals surface area contributed by atoms with E-state index in [1.165, 1.54) is 6.20 Å². The zero-order chi connectivity index (χ0) is 17.6. The van der Waals surface area contributed by atoms with Crippen LogP contribution in [0.1, 0.15) is 25.3 Å². The van der Waals surface area contributed by atoms with Gasteiger partial charge in [-0.2, -0.15) is 0 Å². The van der Waals surface area contributed by atoms with E-state index in [0.717, 1.165) is 5.56 Å². The molecule has 0 amide bonds. The van der Waals surface area contributed by atoms with Crippen molar-refractivity contribution in [1.29, 1.82) is 0 Å². The smallest absolute Gasteiger partial charge is 0.261 e. The lowest BCUT2D eigenvalue weighted by atomic mass is 10.0. The van der Waals surface area contributed by atoms with E-state index in [0.29, 0.717) is 30.6 Å². The summed E-state index contributed by atoms with van der Waals surface area (Å²) in [6, 6.07) is 10.3. The molecule has 0 saturated heterocycles. The highest BCUT2D eigenvalue weighted by atomic mass is 32.2. The summed E-state index contributed by atoms with van der Waals surface area (Å²) >= 11 is 0. The Morgan fingerprint density at radius 1 is 1.12 bits per heavy atom. The van der Waals surface area contributed by atoms with Crippen molar-refractivity contribution < 1.29 is 13.2 Å². The normalized spacial score (nSPS) is 11.5. The number of nitrogens with zero attached hydrogens (tertiary/aromatic N) is 1. The van der Waals surface area contributed by atoms with Gasteiger partial charge in [-0.05, 0) is 35.7 Å². The third-order valence-corrected chi connectivity index (χ3v) is 4.88. The highest BCUT2D eigenvalue weighted by Crippen LogP contribution is 2.20. The van der Waals surface area contributed by atoms with Crippen LogP contribution in [0.4, 0.5) is 11.5 Å². The van der Waals surface area contributed by atoms with Crippen LogP contribution >= 0.6 is 0 Å². The molecule has 0 aliphatic rings. The number of anilines is 2. The van der Waals surface area contributed by atoms with Crippen molar-refractivity contribution in [3.63, 3.8) is 0 Å². The minimum atomic E-state index is -3.62. The second kappa shape index (κ2) is 8.12. The molecule has 0 saturated carbocycles. The number of benzene rings is 1. The maximum atomic E-state index is 12.4. The summed E-state index contributed by atoms with van der Waals surface area (Å²) in [5, 5.41) is 3.07. The lowest BCUT2D eigenvalue weighted by Crippen LogP contribution is -2.13.